The maximum absolute atomic E-state index is 12.0. The number of hydrogen-bond donors (Lipinski definition) is 1. The van der Waals surface area contributed by atoms with Gasteiger partial charge in [-0.25, -0.2) is 4.79 Å². The highest BCUT2D eigenvalue weighted by Gasteiger charge is 2.34. The number of carbonyl (C=O) groups is 4. The number of unbranched alkanes of at least 4 members (excludes halogenated alkanes) is 4. The second-order valence-electron chi connectivity index (χ2n) is 6.18. The zero-order valence-corrected chi connectivity index (χ0v) is 13.9. The quantitative estimate of drug-likeness (QED) is 0.465. The maximum atomic E-state index is 12.0. The van der Waals surface area contributed by atoms with E-state index in [4.69, 9.17) is 5.11 Å². The molecule has 1 amide bonds. The van der Waals surface area contributed by atoms with Gasteiger partial charge in [0.1, 0.15) is 17.6 Å². The first-order valence-corrected chi connectivity index (χ1v) is 8.51. The van der Waals surface area contributed by atoms with Gasteiger partial charge in [-0.2, -0.15) is 0 Å². The fraction of sp³-hybridized carbons (Fsp3) is 0.765. The zero-order chi connectivity index (χ0) is 17.2. The maximum Gasteiger partial charge on any atom is 0.326 e. The highest BCUT2D eigenvalue weighted by Crippen LogP contribution is 2.18. The average molecular weight is 325 g/mol. The van der Waals surface area contributed by atoms with Gasteiger partial charge in [0.15, 0.2) is 0 Å². The summed E-state index contributed by atoms with van der Waals surface area (Å²) in [4.78, 5) is 47.8. The summed E-state index contributed by atoms with van der Waals surface area (Å²) in [6, 6.07) is -0.829. The Hall–Kier alpha value is -1.72. The van der Waals surface area contributed by atoms with E-state index < -0.39 is 23.7 Å². The molecule has 0 radical (unpaired) electrons. The smallest absolute Gasteiger partial charge is 0.326 e. The molecule has 0 aliphatic carbocycles. The molecule has 23 heavy (non-hydrogen) atoms. The van der Waals surface area contributed by atoms with Crippen molar-refractivity contribution in [1.29, 1.82) is 0 Å². The van der Waals surface area contributed by atoms with Crippen LogP contribution in [-0.4, -0.2) is 46.0 Å². The van der Waals surface area contributed by atoms with Gasteiger partial charge in [-0.1, -0.05) is 32.6 Å². The Morgan fingerprint density at radius 3 is 2.35 bits per heavy atom. The van der Waals surface area contributed by atoms with Crippen LogP contribution in [0.5, 0.6) is 0 Å². The second-order valence-corrected chi connectivity index (χ2v) is 6.18. The predicted molar refractivity (Wildman–Crippen MR) is 85.0 cm³/mol. The van der Waals surface area contributed by atoms with Crippen LogP contribution in [0.2, 0.25) is 0 Å². The number of likely N-dealkylation sites (tertiary alicyclic amines) is 1. The van der Waals surface area contributed by atoms with E-state index in [1.54, 1.807) is 0 Å². The number of carboxylic acid groups (broad SMARTS) is 1. The van der Waals surface area contributed by atoms with Crippen LogP contribution in [0.25, 0.3) is 0 Å². The monoisotopic (exact) mass is 325 g/mol. The molecule has 1 unspecified atom stereocenters. The SMILES string of the molecule is CCCCCCCC(=O)CC(=O)CC(=O)N1CCCC1C(=O)O. The summed E-state index contributed by atoms with van der Waals surface area (Å²) in [7, 11) is 0. The lowest BCUT2D eigenvalue weighted by Gasteiger charge is -2.20. The molecule has 1 aliphatic rings. The largest absolute Gasteiger partial charge is 0.480 e. The Labute approximate surface area is 137 Å². The highest BCUT2D eigenvalue weighted by atomic mass is 16.4. The fourth-order valence-electron chi connectivity index (χ4n) is 2.89. The summed E-state index contributed by atoms with van der Waals surface area (Å²) in [5.41, 5.74) is 0. The van der Waals surface area contributed by atoms with Crippen LogP contribution in [0.15, 0.2) is 0 Å². The van der Waals surface area contributed by atoms with E-state index in [-0.39, 0.29) is 18.6 Å². The van der Waals surface area contributed by atoms with Gasteiger partial charge in [-0.3, -0.25) is 14.4 Å². The molecular weight excluding hydrogens is 298 g/mol. The molecule has 130 valence electrons. The molecule has 1 N–H and O–H groups in total. The number of ketones is 2. The van der Waals surface area contributed by atoms with Crippen LogP contribution in [0.1, 0.15) is 71.1 Å². The van der Waals surface area contributed by atoms with Crippen molar-refractivity contribution in [3.05, 3.63) is 0 Å². The fourth-order valence-corrected chi connectivity index (χ4v) is 2.89. The highest BCUT2D eigenvalue weighted by molar-refractivity contribution is 6.07. The third-order valence-corrected chi connectivity index (χ3v) is 4.16. The van der Waals surface area contributed by atoms with E-state index >= 15 is 0 Å². The van der Waals surface area contributed by atoms with Crippen molar-refractivity contribution in [3.8, 4) is 0 Å². The van der Waals surface area contributed by atoms with E-state index in [9.17, 15) is 19.2 Å². The van der Waals surface area contributed by atoms with E-state index in [0.29, 0.717) is 25.8 Å². The first-order chi connectivity index (χ1) is 11.0. The molecule has 1 rings (SSSR count). The van der Waals surface area contributed by atoms with Crippen LogP contribution in [-0.2, 0) is 19.2 Å². The minimum absolute atomic E-state index is 0.129. The number of aliphatic carboxylic acids is 1. The third-order valence-electron chi connectivity index (χ3n) is 4.16. The Kier molecular flexibility index (Phi) is 8.51. The molecule has 1 saturated heterocycles. The number of nitrogens with zero attached hydrogens (tertiary/aromatic N) is 1. The first-order valence-electron chi connectivity index (χ1n) is 8.51. The average Bonchev–Trinajstić information content (AvgIpc) is 2.96. The molecule has 1 heterocycles. The number of hydrogen-bond acceptors (Lipinski definition) is 4. The zero-order valence-electron chi connectivity index (χ0n) is 13.9. The molecule has 1 aliphatic heterocycles. The lowest BCUT2D eigenvalue weighted by molar-refractivity contribution is -0.149. The Morgan fingerprint density at radius 1 is 1.00 bits per heavy atom. The number of amides is 1. The summed E-state index contributed by atoms with van der Waals surface area (Å²) in [5.74, 6) is -2.05. The van der Waals surface area contributed by atoms with Crippen molar-refractivity contribution < 1.29 is 24.3 Å². The number of Topliss-reactive ketones (excluding diaryl/α,β-unsaturated/α-hetero) is 2. The van der Waals surface area contributed by atoms with Gasteiger partial charge < -0.3 is 10.0 Å². The Morgan fingerprint density at radius 2 is 1.70 bits per heavy atom. The van der Waals surface area contributed by atoms with Gasteiger partial charge in [0, 0.05) is 13.0 Å². The first kappa shape index (κ1) is 19.3. The molecule has 0 aromatic rings. The summed E-state index contributed by atoms with van der Waals surface area (Å²) in [6.07, 6.45) is 6.02. The van der Waals surface area contributed by atoms with Crippen LogP contribution in [0.3, 0.4) is 0 Å². The summed E-state index contributed by atoms with van der Waals surface area (Å²) in [6.45, 7) is 2.49. The van der Waals surface area contributed by atoms with Crippen molar-refractivity contribution in [2.24, 2.45) is 0 Å². The van der Waals surface area contributed by atoms with E-state index in [1.165, 1.54) is 4.90 Å². The van der Waals surface area contributed by atoms with Crippen molar-refractivity contribution in [2.45, 2.75) is 77.2 Å². The van der Waals surface area contributed by atoms with Gasteiger partial charge in [0.2, 0.25) is 5.91 Å². The molecule has 6 heteroatoms. The second kappa shape index (κ2) is 10.1. The summed E-state index contributed by atoms with van der Waals surface area (Å²) < 4.78 is 0. The summed E-state index contributed by atoms with van der Waals surface area (Å²) >= 11 is 0. The van der Waals surface area contributed by atoms with Crippen LogP contribution in [0, 0.1) is 0 Å². The van der Waals surface area contributed by atoms with Gasteiger partial charge in [-0.15, -0.1) is 0 Å². The molecule has 0 bridgehead atoms. The van der Waals surface area contributed by atoms with Gasteiger partial charge in [0.25, 0.3) is 0 Å². The molecule has 0 spiro atoms. The Balaban J connectivity index is 2.28. The van der Waals surface area contributed by atoms with E-state index in [1.807, 2.05) is 0 Å². The standard InChI is InChI=1S/C17H27NO5/c1-2-3-4-5-6-8-13(19)11-14(20)12-16(21)18-10-7-9-15(18)17(22)23/h15H,2-12H2,1H3,(H,22,23). The van der Waals surface area contributed by atoms with Gasteiger partial charge >= 0.3 is 5.97 Å². The molecule has 1 fully saturated rings. The van der Waals surface area contributed by atoms with Crippen molar-refractivity contribution in [2.75, 3.05) is 6.54 Å². The lowest BCUT2D eigenvalue weighted by Crippen LogP contribution is -2.41. The molecule has 0 saturated carbocycles. The molecule has 1 atom stereocenters. The lowest BCUT2D eigenvalue weighted by atomic mass is 10.0. The summed E-state index contributed by atoms with van der Waals surface area (Å²) in [5, 5.41) is 9.04. The molecule has 0 aromatic carbocycles. The minimum atomic E-state index is -1.04. The van der Waals surface area contributed by atoms with Crippen molar-refractivity contribution >= 4 is 23.4 Å². The predicted octanol–water partition coefficient (Wildman–Crippen LogP) is 2.34. The van der Waals surface area contributed by atoms with Crippen LogP contribution >= 0.6 is 0 Å². The normalized spacial score (nSPS) is 17.3. The topological polar surface area (TPSA) is 91.8 Å². The van der Waals surface area contributed by atoms with Crippen molar-refractivity contribution in [3.63, 3.8) is 0 Å². The Bertz CT molecular complexity index is 446. The number of carboxylic acids is 1. The molecule has 0 aromatic heterocycles. The van der Waals surface area contributed by atoms with Crippen molar-refractivity contribution in [1.82, 2.24) is 4.90 Å². The van der Waals surface area contributed by atoms with E-state index in [2.05, 4.69) is 6.92 Å². The minimum Gasteiger partial charge on any atom is -0.480 e. The van der Waals surface area contributed by atoms with E-state index in [0.717, 1.165) is 32.1 Å². The molecule has 6 nitrogen and oxygen atoms in total. The number of rotatable bonds is 11. The number of carbonyl (C=O) groups excluding carboxylic acids is 3. The van der Waals surface area contributed by atoms with Crippen LogP contribution < -0.4 is 0 Å². The molecular formula is C17H27NO5. The van der Waals surface area contributed by atoms with Gasteiger partial charge in [0.05, 0.1) is 12.8 Å². The van der Waals surface area contributed by atoms with Gasteiger partial charge in [-0.05, 0) is 19.3 Å². The van der Waals surface area contributed by atoms with Crippen LogP contribution in [0.4, 0.5) is 0 Å². The third kappa shape index (κ3) is 6.93.